The highest BCUT2D eigenvalue weighted by molar-refractivity contribution is 5.41. The first-order valence-electron chi connectivity index (χ1n) is 7.24. The number of hydrogen-bond donors (Lipinski definition) is 0. The molecule has 0 amide bonds. The Bertz CT molecular complexity index is 923. The molecule has 0 fully saturated rings. The minimum atomic E-state index is -5.57. The molecule has 3 rings (SSSR count). The molecule has 3 aromatic rings. The fourth-order valence-electron chi connectivity index (χ4n) is 2.51. The van der Waals surface area contributed by atoms with Crippen LogP contribution in [0.15, 0.2) is 49.1 Å². The molecule has 0 atom stereocenters. The van der Waals surface area contributed by atoms with Crippen LogP contribution in [-0.2, 0) is 12.7 Å². The van der Waals surface area contributed by atoms with Crippen molar-refractivity contribution in [3.63, 3.8) is 0 Å². The van der Waals surface area contributed by atoms with E-state index in [1.807, 2.05) is 0 Å². The Hall–Kier alpha value is -2.36. The molecule has 0 spiro atoms. The Morgan fingerprint density at radius 3 is 1.93 bits per heavy atom. The molecule has 0 unspecified atom stereocenters. The van der Waals surface area contributed by atoms with Crippen molar-refractivity contribution in [2.45, 2.75) is 12.7 Å². The van der Waals surface area contributed by atoms with Crippen LogP contribution in [0.4, 0.5) is 30.7 Å². The van der Waals surface area contributed by atoms with Gasteiger partial charge in [0.2, 0.25) is 23.6 Å². The fraction of sp³-hybridized carbons (Fsp3) is 0.118. The maximum atomic E-state index is 14.0. The van der Waals surface area contributed by atoms with Gasteiger partial charge in [0, 0.05) is 0 Å². The van der Waals surface area contributed by atoms with Crippen LogP contribution in [0.5, 0.6) is 0 Å². The third kappa shape index (κ3) is 4.00. The molecule has 1 heterocycles. The van der Waals surface area contributed by atoms with E-state index >= 15 is 0 Å². The van der Waals surface area contributed by atoms with Gasteiger partial charge in [-0.25, -0.2) is 13.3 Å². The number of benzene rings is 2. The van der Waals surface area contributed by atoms with Gasteiger partial charge in [0.1, 0.15) is 24.5 Å². The average Bonchev–Trinajstić information content (AvgIpc) is 3.01. The van der Waals surface area contributed by atoms with Crippen LogP contribution >= 0.6 is 0 Å². The number of imidazole rings is 1. The molecule has 144 valence electrons. The van der Waals surface area contributed by atoms with Crippen LogP contribution in [0.2, 0.25) is 0 Å². The first kappa shape index (κ1) is 20.9. The molecular weight excluding hydrogens is 445 g/mol. The van der Waals surface area contributed by atoms with E-state index in [2.05, 4.69) is 0 Å². The maximum Gasteiger partial charge on any atom is 0.422 e. The quantitative estimate of drug-likeness (QED) is 0.321. The smallest absolute Gasteiger partial charge is 0.422 e. The minimum absolute atomic E-state index is 0. The van der Waals surface area contributed by atoms with E-state index in [9.17, 15) is 30.7 Å². The predicted octanol–water partition coefficient (Wildman–Crippen LogP) is 1.39. The summed E-state index contributed by atoms with van der Waals surface area (Å²) in [6.45, 7) is 0.280. The summed E-state index contributed by atoms with van der Waals surface area (Å²) in [5, 5.41) is 0. The van der Waals surface area contributed by atoms with E-state index < -0.39 is 40.7 Å². The summed E-state index contributed by atoms with van der Waals surface area (Å²) >= 11 is 0. The van der Waals surface area contributed by atoms with Gasteiger partial charge in [-0.05, 0) is 5.56 Å². The topological polar surface area (TPSA) is 8.81 Å². The summed E-state index contributed by atoms with van der Waals surface area (Å²) < 4.78 is 95.5. The van der Waals surface area contributed by atoms with E-state index in [1.165, 1.54) is 10.8 Å². The van der Waals surface area contributed by atoms with Crippen LogP contribution in [0.1, 0.15) is 11.1 Å². The second kappa shape index (κ2) is 7.71. The molecule has 0 bridgehead atoms. The second-order valence-electron chi connectivity index (χ2n) is 5.46. The molecule has 0 radical (unpaired) electrons. The van der Waals surface area contributed by atoms with Gasteiger partial charge >= 0.3 is 6.18 Å². The zero-order chi connectivity index (χ0) is 19.1. The minimum Gasteiger partial charge on any atom is -1.00 e. The van der Waals surface area contributed by atoms with Gasteiger partial charge in [-0.1, -0.05) is 30.3 Å². The molecule has 0 aliphatic rings. The third-order valence-electron chi connectivity index (χ3n) is 3.68. The molecule has 0 aliphatic heterocycles. The number of hydrogen-bond acceptors (Lipinski definition) is 0. The first-order valence-corrected chi connectivity index (χ1v) is 7.24. The highest BCUT2D eigenvalue weighted by Gasteiger charge is 2.43. The van der Waals surface area contributed by atoms with Crippen molar-refractivity contribution in [3.05, 3.63) is 83.4 Å². The van der Waals surface area contributed by atoms with Crippen LogP contribution in [0, 0.1) is 23.3 Å². The lowest BCUT2D eigenvalue weighted by Crippen LogP contribution is -3.00. The Balaban J connectivity index is 0.00000261. The largest absolute Gasteiger partial charge is 1.00 e. The monoisotopic (exact) mass is 454 g/mol. The number of halogens is 8. The number of alkyl halides is 3. The molecule has 2 nitrogen and oxygen atoms in total. The van der Waals surface area contributed by atoms with Crippen LogP contribution in [0.3, 0.4) is 0 Å². The molecule has 0 saturated carbocycles. The van der Waals surface area contributed by atoms with E-state index in [0.717, 1.165) is 18.1 Å². The Morgan fingerprint density at radius 1 is 0.852 bits per heavy atom. The lowest BCUT2D eigenvalue weighted by Gasteiger charge is -2.12. The average molecular weight is 455 g/mol. The van der Waals surface area contributed by atoms with Crippen molar-refractivity contribution in [1.29, 1.82) is 0 Å². The SMILES string of the molecule is Fc1c(F)c(C(F)(F)F)c(F)c(F)c1-n1cc[n+](Cc2ccccc2)c1.[Br-]. The summed E-state index contributed by atoms with van der Waals surface area (Å²) in [4.78, 5) is 0. The van der Waals surface area contributed by atoms with Crippen molar-refractivity contribution in [3.8, 4) is 5.69 Å². The number of nitrogens with zero attached hydrogens (tertiary/aromatic N) is 2. The normalized spacial score (nSPS) is 11.4. The van der Waals surface area contributed by atoms with E-state index in [4.69, 9.17) is 0 Å². The van der Waals surface area contributed by atoms with E-state index in [-0.39, 0.29) is 23.5 Å². The summed E-state index contributed by atoms with van der Waals surface area (Å²) in [6, 6.07) is 8.89. The summed E-state index contributed by atoms with van der Waals surface area (Å²) in [6.07, 6.45) is -2.02. The standard InChI is InChI=1S/C17H10F7N2.BrH/c18-12-11(17(22,23)24)13(19)15(21)16(14(12)20)26-7-6-25(9-26)8-10-4-2-1-3-5-10;/h1-7,9H,8H2;1H/q+1;/p-1. The van der Waals surface area contributed by atoms with Crippen molar-refractivity contribution in [2.24, 2.45) is 0 Å². The molecule has 10 heteroatoms. The molecule has 27 heavy (non-hydrogen) atoms. The Morgan fingerprint density at radius 2 is 1.41 bits per heavy atom. The lowest BCUT2D eigenvalue weighted by molar-refractivity contribution is -0.687. The zero-order valence-electron chi connectivity index (χ0n) is 13.2. The van der Waals surface area contributed by atoms with Gasteiger partial charge in [-0.3, -0.25) is 0 Å². The van der Waals surface area contributed by atoms with Crippen molar-refractivity contribution < 1.29 is 52.3 Å². The molecule has 0 N–H and O–H groups in total. The molecule has 0 saturated heterocycles. The summed E-state index contributed by atoms with van der Waals surface area (Å²) in [5.74, 6) is -9.23. The van der Waals surface area contributed by atoms with Gasteiger partial charge < -0.3 is 17.0 Å². The fourth-order valence-corrected chi connectivity index (χ4v) is 2.51. The molecule has 0 aliphatic carbocycles. The maximum absolute atomic E-state index is 14.0. The molecular formula is C17H10BrF7N2. The van der Waals surface area contributed by atoms with Crippen molar-refractivity contribution in [1.82, 2.24) is 4.57 Å². The highest BCUT2D eigenvalue weighted by Crippen LogP contribution is 2.37. The van der Waals surface area contributed by atoms with Crippen LogP contribution < -0.4 is 21.5 Å². The predicted molar refractivity (Wildman–Crippen MR) is 76.3 cm³/mol. The number of aromatic nitrogens is 2. The van der Waals surface area contributed by atoms with Crippen molar-refractivity contribution in [2.75, 3.05) is 0 Å². The van der Waals surface area contributed by atoms with Gasteiger partial charge in [-0.2, -0.15) is 26.5 Å². The third-order valence-corrected chi connectivity index (χ3v) is 3.68. The Kier molecular flexibility index (Phi) is 5.98. The Labute approximate surface area is 159 Å². The van der Waals surface area contributed by atoms with E-state index in [1.54, 1.807) is 30.3 Å². The van der Waals surface area contributed by atoms with Gasteiger partial charge in [0.25, 0.3) is 0 Å². The highest BCUT2D eigenvalue weighted by atomic mass is 79.9. The second-order valence-corrected chi connectivity index (χ2v) is 5.46. The van der Waals surface area contributed by atoms with E-state index in [0.29, 0.717) is 4.57 Å². The van der Waals surface area contributed by atoms with Gasteiger partial charge in [-0.15, -0.1) is 0 Å². The summed E-state index contributed by atoms with van der Waals surface area (Å²) in [5.41, 5.74) is -3.03. The summed E-state index contributed by atoms with van der Waals surface area (Å²) in [7, 11) is 0. The molecule has 1 aromatic heterocycles. The van der Waals surface area contributed by atoms with Gasteiger partial charge in [0.15, 0.2) is 11.6 Å². The number of rotatable bonds is 3. The first-order chi connectivity index (χ1) is 12.2. The molecule has 2 aromatic carbocycles. The zero-order valence-corrected chi connectivity index (χ0v) is 14.8. The lowest BCUT2D eigenvalue weighted by atomic mass is 10.1. The van der Waals surface area contributed by atoms with Gasteiger partial charge in [0.05, 0.1) is 0 Å². The van der Waals surface area contributed by atoms with Crippen molar-refractivity contribution >= 4 is 0 Å². The van der Waals surface area contributed by atoms with Crippen LogP contribution in [0.25, 0.3) is 5.69 Å². The van der Waals surface area contributed by atoms with Crippen LogP contribution in [-0.4, -0.2) is 4.57 Å².